The Kier molecular flexibility index (Phi) is 7.18. The van der Waals surface area contributed by atoms with Gasteiger partial charge in [-0.3, -0.25) is 4.90 Å². The predicted octanol–water partition coefficient (Wildman–Crippen LogP) is 1.73. The van der Waals surface area contributed by atoms with Gasteiger partial charge < -0.3 is 15.7 Å². The zero-order valence-corrected chi connectivity index (χ0v) is 13.7. The molecule has 1 aliphatic heterocycles. The van der Waals surface area contributed by atoms with Crippen molar-refractivity contribution in [3.8, 4) is 0 Å². The molecule has 0 aromatic carbocycles. The summed E-state index contributed by atoms with van der Waals surface area (Å²) in [5.74, 6) is 0. The number of hydrogen-bond donors (Lipinski definition) is 3. The first-order valence-electron chi connectivity index (χ1n) is 7.84. The Hall–Kier alpha value is -1.07. The van der Waals surface area contributed by atoms with Crippen LogP contribution < -0.4 is 10.6 Å². The first kappa shape index (κ1) is 18.0. The molecule has 0 unspecified atom stereocenters. The minimum absolute atomic E-state index is 0.0725. The molecule has 5 heteroatoms. The van der Waals surface area contributed by atoms with Gasteiger partial charge in [0.05, 0.1) is 0 Å². The molecule has 0 radical (unpaired) electrons. The molecule has 0 atom stereocenters. The molecule has 1 saturated heterocycles. The minimum atomic E-state index is -0.0978. The van der Waals surface area contributed by atoms with E-state index in [1.807, 2.05) is 20.8 Å². The Labute approximate surface area is 128 Å². The largest absolute Gasteiger partial charge is 0.396 e. The van der Waals surface area contributed by atoms with Gasteiger partial charge in [-0.2, -0.15) is 0 Å². The molecule has 0 aromatic heterocycles. The third-order valence-electron chi connectivity index (χ3n) is 3.93. The van der Waals surface area contributed by atoms with Gasteiger partial charge in [-0.25, -0.2) is 4.79 Å². The Balaban J connectivity index is 2.23. The van der Waals surface area contributed by atoms with Gasteiger partial charge in [-0.1, -0.05) is 26.0 Å². The molecule has 0 aromatic rings. The van der Waals surface area contributed by atoms with E-state index >= 15 is 0 Å². The highest BCUT2D eigenvalue weighted by molar-refractivity contribution is 5.74. The third kappa shape index (κ3) is 7.48. The van der Waals surface area contributed by atoms with Gasteiger partial charge in [0.2, 0.25) is 0 Å². The molecule has 1 fully saturated rings. The number of nitrogens with zero attached hydrogens (tertiary/aromatic N) is 1. The van der Waals surface area contributed by atoms with Crippen LogP contribution in [0.15, 0.2) is 12.2 Å². The Bertz CT molecular complexity index is 347. The van der Waals surface area contributed by atoms with Crippen LogP contribution in [-0.2, 0) is 0 Å². The van der Waals surface area contributed by atoms with Crippen LogP contribution in [0.3, 0.4) is 0 Å². The SMILES string of the molecule is C=C(C)CN1CCC(NC(=O)NCC(C)(C)CCO)CC1. The maximum atomic E-state index is 11.9. The molecule has 1 heterocycles. The second-order valence-electron chi connectivity index (χ2n) is 6.97. The van der Waals surface area contributed by atoms with Crippen LogP contribution in [0.5, 0.6) is 0 Å². The van der Waals surface area contributed by atoms with Crippen molar-refractivity contribution in [1.82, 2.24) is 15.5 Å². The second kappa shape index (κ2) is 8.39. The predicted molar refractivity (Wildman–Crippen MR) is 86.3 cm³/mol. The Morgan fingerprint density at radius 1 is 1.38 bits per heavy atom. The number of nitrogens with one attached hydrogen (secondary N) is 2. The molecule has 0 saturated carbocycles. The molecule has 21 heavy (non-hydrogen) atoms. The Morgan fingerprint density at radius 3 is 2.52 bits per heavy atom. The summed E-state index contributed by atoms with van der Waals surface area (Å²) in [4.78, 5) is 14.3. The summed E-state index contributed by atoms with van der Waals surface area (Å²) in [7, 11) is 0. The molecule has 1 rings (SSSR count). The van der Waals surface area contributed by atoms with Crippen LogP contribution in [0, 0.1) is 5.41 Å². The smallest absolute Gasteiger partial charge is 0.315 e. The van der Waals surface area contributed by atoms with Gasteiger partial charge in [-0.15, -0.1) is 0 Å². The summed E-state index contributed by atoms with van der Waals surface area (Å²) in [6.45, 7) is 13.8. The molecule has 0 aliphatic carbocycles. The van der Waals surface area contributed by atoms with Crippen LogP contribution in [0.25, 0.3) is 0 Å². The van der Waals surface area contributed by atoms with Gasteiger partial charge in [0.15, 0.2) is 0 Å². The fourth-order valence-corrected chi connectivity index (χ4v) is 2.56. The maximum Gasteiger partial charge on any atom is 0.315 e. The van der Waals surface area contributed by atoms with Gasteiger partial charge in [0.25, 0.3) is 0 Å². The normalized spacial score (nSPS) is 17.5. The number of rotatable bonds is 7. The fourth-order valence-electron chi connectivity index (χ4n) is 2.56. The molecule has 122 valence electrons. The number of amides is 2. The molecular formula is C16H31N3O2. The van der Waals surface area contributed by atoms with E-state index < -0.39 is 0 Å². The monoisotopic (exact) mass is 297 g/mol. The van der Waals surface area contributed by atoms with E-state index in [1.54, 1.807) is 0 Å². The summed E-state index contributed by atoms with van der Waals surface area (Å²) in [5, 5.41) is 14.9. The third-order valence-corrected chi connectivity index (χ3v) is 3.93. The molecule has 5 nitrogen and oxygen atoms in total. The van der Waals surface area contributed by atoms with E-state index in [1.165, 1.54) is 5.57 Å². The van der Waals surface area contributed by atoms with Crippen molar-refractivity contribution in [1.29, 1.82) is 0 Å². The van der Waals surface area contributed by atoms with Crippen LogP contribution in [0.1, 0.15) is 40.0 Å². The number of hydrogen-bond acceptors (Lipinski definition) is 3. The lowest BCUT2D eigenvalue weighted by Crippen LogP contribution is -2.49. The van der Waals surface area contributed by atoms with E-state index in [9.17, 15) is 4.79 Å². The summed E-state index contributed by atoms with van der Waals surface area (Å²) in [5.41, 5.74) is 1.11. The number of piperidine rings is 1. The van der Waals surface area contributed by atoms with Crippen molar-refractivity contribution >= 4 is 6.03 Å². The molecule has 2 amide bonds. The number of urea groups is 1. The first-order valence-corrected chi connectivity index (χ1v) is 7.84. The average Bonchev–Trinajstić information content (AvgIpc) is 2.38. The number of carbonyl (C=O) groups is 1. The van der Waals surface area contributed by atoms with E-state index in [4.69, 9.17) is 5.11 Å². The van der Waals surface area contributed by atoms with E-state index in [2.05, 4.69) is 22.1 Å². The quantitative estimate of drug-likeness (QED) is 0.627. The highest BCUT2D eigenvalue weighted by atomic mass is 16.3. The Morgan fingerprint density at radius 2 is 2.00 bits per heavy atom. The summed E-state index contributed by atoms with van der Waals surface area (Å²) in [6, 6.07) is 0.159. The van der Waals surface area contributed by atoms with Crippen LogP contribution >= 0.6 is 0 Å². The van der Waals surface area contributed by atoms with Crippen LogP contribution in [0.2, 0.25) is 0 Å². The number of carbonyl (C=O) groups excluding carboxylic acids is 1. The first-order chi connectivity index (χ1) is 9.82. The summed E-state index contributed by atoms with van der Waals surface area (Å²) in [6.07, 6.45) is 2.66. The van der Waals surface area contributed by atoms with Crippen LogP contribution in [0.4, 0.5) is 4.79 Å². The number of likely N-dealkylation sites (tertiary alicyclic amines) is 1. The topological polar surface area (TPSA) is 64.6 Å². The van der Waals surface area contributed by atoms with Crippen molar-refractivity contribution in [2.45, 2.75) is 46.1 Å². The number of aliphatic hydroxyl groups is 1. The van der Waals surface area contributed by atoms with Gasteiger partial charge in [0.1, 0.15) is 0 Å². The lowest BCUT2D eigenvalue weighted by molar-refractivity contribution is 0.190. The molecule has 3 N–H and O–H groups in total. The number of aliphatic hydroxyl groups excluding tert-OH is 1. The molecule has 0 spiro atoms. The molecule has 0 bridgehead atoms. The lowest BCUT2D eigenvalue weighted by Gasteiger charge is -2.32. The van der Waals surface area contributed by atoms with Gasteiger partial charge in [-0.05, 0) is 31.6 Å². The van der Waals surface area contributed by atoms with Crippen molar-refractivity contribution in [3.05, 3.63) is 12.2 Å². The van der Waals surface area contributed by atoms with E-state index in [0.717, 1.165) is 32.5 Å². The fraction of sp³-hybridized carbons (Fsp3) is 0.812. The highest BCUT2D eigenvalue weighted by Crippen LogP contribution is 2.18. The van der Waals surface area contributed by atoms with E-state index in [0.29, 0.717) is 13.0 Å². The highest BCUT2D eigenvalue weighted by Gasteiger charge is 2.22. The van der Waals surface area contributed by atoms with Crippen LogP contribution in [-0.4, -0.2) is 54.9 Å². The van der Waals surface area contributed by atoms with Crippen molar-refractivity contribution in [3.63, 3.8) is 0 Å². The summed E-state index contributed by atoms with van der Waals surface area (Å²) < 4.78 is 0. The van der Waals surface area contributed by atoms with Crippen molar-refractivity contribution in [2.24, 2.45) is 5.41 Å². The minimum Gasteiger partial charge on any atom is -0.396 e. The molecule has 1 aliphatic rings. The summed E-state index contributed by atoms with van der Waals surface area (Å²) >= 11 is 0. The lowest BCUT2D eigenvalue weighted by atomic mass is 9.90. The molecular weight excluding hydrogens is 266 g/mol. The van der Waals surface area contributed by atoms with Gasteiger partial charge >= 0.3 is 6.03 Å². The van der Waals surface area contributed by atoms with E-state index in [-0.39, 0.29) is 24.1 Å². The van der Waals surface area contributed by atoms with Crippen molar-refractivity contribution in [2.75, 3.05) is 32.8 Å². The standard InChI is InChI=1S/C16H31N3O2/c1-13(2)11-19-8-5-14(6-9-19)18-15(21)17-12-16(3,4)7-10-20/h14,20H,1,5-12H2,2-4H3,(H2,17,18,21). The zero-order valence-electron chi connectivity index (χ0n) is 13.7. The maximum absolute atomic E-state index is 11.9. The second-order valence-corrected chi connectivity index (χ2v) is 6.97. The average molecular weight is 297 g/mol. The van der Waals surface area contributed by atoms with Crippen molar-refractivity contribution < 1.29 is 9.90 Å². The van der Waals surface area contributed by atoms with Gasteiger partial charge in [0, 0.05) is 38.8 Å². The zero-order chi connectivity index (χ0) is 15.9.